The second-order valence-corrected chi connectivity index (χ2v) is 6.93. The van der Waals surface area contributed by atoms with Crippen LogP contribution in [0.25, 0.3) is 0 Å². The molecule has 1 fully saturated rings. The van der Waals surface area contributed by atoms with Crippen LogP contribution in [0.3, 0.4) is 0 Å². The molecule has 0 aliphatic heterocycles. The predicted octanol–water partition coefficient (Wildman–Crippen LogP) is 4.00. The number of nitrogens with two attached hydrogens (primary N) is 1. The summed E-state index contributed by atoms with van der Waals surface area (Å²) in [4.78, 5) is 14.1. The van der Waals surface area contributed by atoms with Gasteiger partial charge >= 0.3 is 0 Å². The van der Waals surface area contributed by atoms with Crippen LogP contribution in [0.4, 0.5) is 0 Å². The second kappa shape index (κ2) is 6.99. The Hall–Kier alpha value is -0.770. The number of carbonyl (C=O) groups excluding carboxylic acids is 1. The summed E-state index contributed by atoms with van der Waals surface area (Å²) in [5.74, 6) is 0.0745. The van der Waals surface area contributed by atoms with Crippen LogP contribution in [0.2, 0.25) is 10.0 Å². The van der Waals surface area contributed by atoms with Gasteiger partial charge in [0.1, 0.15) is 0 Å². The summed E-state index contributed by atoms with van der Waals surface area (Å²) < 4.78 is 0. The first-order chi connectivity index (χ1) is 9.89. The fourth-order valence-corrected chi connectivity index (χ4v) is 3.33. The van der Waals surface area contributed by atoms with Gasteiger partial charge in [-0.1, -0.05) is 48.5 Å². The van der Waals surface area contributed by atoms with Crippen LogP contribution < -0.4 is 5.73 Å². The Morgan fingerprint density at radius 3 is 2.57 bits per heavy atom. The minimum absolute atomic E-state index is 0.0745. The van der Waals surface area contributed by atoms with Crippen molar-refractivity contribution in [3.8, 4) is 0 Å². The number of rotatable bonds is 4. The molecular formula is C16H22Cl2N2O. The van der Waals surface area contributed by atoms with Gasteiger partial charge in [0.05, 0.1) is 0 Å². The van der Waals surface area contributed by atoms with Crippen LogP contribution >= 0.6 is 23.2 Å². The number of amides is 1. The van der Waals surface area contributed by atoms with Crippen molar-refractivity contribution in [3.63, 3.8) is 0 Å². The molecule has 2 N–H and O–H groups in total. The summed E-state index contributed by atoms with van der Waals surface area (Å²) in [6.45, 7) is 0.477. The Morgan fingerprint density at radius 2 is 1.95 bits per heavy atom. The maximum atomic E-state index is 12.4. The van der Waals surface area contributed by atoms with E-state index in [2.05, 4.69) is 0 Å². The number of benzene rings is 1. The van der Waals surface area contributed by atoms with Gasteiger partial charge < -0.3 is 10.6 Å². The molecule has 0 spiro atoms. The van der Waals surface area contributed by atoms with E-state index >= 15 is 0 Å². The Bertz CT molecular complexity index is 513. The van der Waals surface area contributed by atoms with E-state index in [1.807, 2.05) is 6.07 Å². The molecule has 0 atom stereocenters. The lowest BCUT2D eigenvalue weighted by atomic mass is 9.80. The topological polar surface area (TPSA) is 46.3 Å². The molecule has 0 radical (unpaired) electrons. The zero-order chi connectivity index (χ0) is 15.5. The lowest BCUT2D eigenvalue weighted by Crippen LogP contribution is -2.46. The summed E-state index contributed by atoms with van der Waals surface area (Å²) >= 11 is 12.0. The molecule has 0 saturated heterocycles. The van der Waals surface area contributed by atoms with Gasteiger partial charge in [0.2, 0.25) is 5.91 Å². The van der Waals surface area contributed by atoms with E-state index in [9.17, 15) is 4.79 Å². The molecule has 1 aliphatic rings. The highest BCUT2D eigenvalue weighted by molar-refractivity contribution is 6.35. The summed E-state index contributed by atoms with van der Waals surface area (Å²) in [5, 5.41) is 1.18. The molecule has 0 bridgehead atoms. The molecule has 3 nitrogen and oxygen atoms in total. The largest absolute Gasteiger partial charge is 0.341 e. The number of hydrogen-bond donors (Lipinski definition) is 1. The third-order valence-electron chi connectivity index (χ3n) is 4.20. The normalized spacial score (nSPS) is 17.5. The van der Waals surface area contributed by atoms with E-state index < -0.39 is 0 Å². The van der Waals surface area contributed by atoms with Crippen molar-refractivity contribution in [2.75, 3.05) is 7.05 Å². The smallest absolute Gasteiger partial charge is 0.224 e. The fraction of sp³-hybridized carbons (Fsp3) is 0.562. The lowest BCUT2D eigenvalue weighted by Gasteiger charge is -2.34. The quantitative estimate of drug-likeness (QED) is 0.907. The van der Waals surface area contributed by atoms with Crippen LogP contribution in [0.5, 0.6) is 0 Å². The molecular weight excluding hydrogens is 307 g/mol. The van der Waals surface area contributed by atoms with E-state index in [4.69, 9.17) is 28.9 Å². The zero-order valence-corrected chi connectivity index (χ0v) is 13.9. The maximum Gasteiger partial charge on any atom is 0.224 e. The Labute approximate surface area is 136 Å². The molecule has 1 amide bonds. The van der Waals surface area contributed by atoms with Gasteiger partial charge in [-0.25, -0.2) is 0 Å². The Balaban J connectivity index is 1.96. The van der Waals surface area contributed by atoms with Gasteiger partial charge in [-0.05, 0) is 30.5 Å². The first kappa shape index (κ1) is 16.6. The summed E-state index contributed by atoms with van der Waals surface area (Å²) in [7, 11) is 1.79. The number of nitrogens with zero attached hydrogens (tertiary/aromatic N) is 1. The molecule has 116 valence electrons. The molecule has 1 aromatic rings. The average Bonchev–Trinajstić information content (AvgIpc) is 2.42. The van der Waals surface area contributed by atoms with E-state index in [0.717, 1.165) is 31.2 Å². The Kier molecular flexibility index (Phi) is 5.53. The fourth-order valence-electron chi connectivity index (χ4n) is 2.86. The highest BCUT2D eigenvalue weighted by atomic mass is 35.5. The highest BCUT2D eigenvalue weighted by Gasteiger charge is 2.31. The van der Waals surface area contributed by atoms with Gasteiger partial charge in [-0.3, -0.25) is 4.79 Å². The molecule has 5 heteroatoms. The summed E-state index contributed by atoms with van der Waals surface area (Å²) in [6.07, 6.45) is 5.76. The van der Waals surface area contributed by atoms with Gasteiger partial charge in [0.25, 0.3) is 0 Å². The third-order valence-corrected chi connectivity index (χ3v) is 4.79. The van der Waals surface area contributed by atoms with Gasteiger partial charge in [-0.2, -0.15) is 0 Å². The molecule has 0 aromatic heterocycles. The minimum atomic E-state index is -0.326. The zero-order valence-electron chi connectivity index (χ0n) is 12.4. The van der Waals surface area contributed by atoms with Gasteiger partial charge in [-0.15, -0.1) is 0 Å². The van der Waals surface area contributed by atoms with Crippen LogP contribution in [0.15, 0.2) is 18.2 Å². The third kappa shape index (κ3) is 4.60. The molecule has 1 aliphatic carbocycles. The summed E-state index contributed by atoms with van der Waals surface area (Å²) in [5.41, 5.74) is 6.92. The van der Waals surface area contributed by atoms with Gasteiger partial charge in [0.15, 0.2) is 0 Å². The molecule has 1 saturated carbocycles. The molecule has 1 aromatic carbocycles. The SMILES string of the molecule is CN(Cc1ccc(Cl)cc1Cl)C(=O)CC1(N)CCCCC1. The van der Waals surface area contributed by atoms with Crippen molar-refractivity contribution >= 4 is 29.1 Å². The number of halogens is 2. The number of carbonyl (C=O) groups is 1. The number of hydrogen-bond acceptors (Lipinski definition) is 2. The van der Waals surface area contributed by atoms with Crippen molar-refractivity contribution in [3.05, 3.63) is 33.8 Å². The minimum Gasteiger partial charge on any atom is -0.341 e. The molecule has 0 unspecified atom stereocenters. The van der Waals surface area contributed by atoms with Crippen LogP contribution in [0.1, 0.15) is 44.1 Å². The summed E-state index contributed by atoms with van der Waals surface area (Å²) in [6, 6.07) is 5.34. The van der Waals surface area contributed by atoms with Crippen molar-refractivity contribution in [1.82, 2.24) is 4.90 Å². The molecule has 0 heterocycles. The second-order valence-electron chi connectivity index (χ2n) is 6.09. The van der Waals surface area contributed by atoms with Crippen molar-refractivity contribution < 1.29 is 4.79 Å². The first-order valence-electron chi connectivity index (χ1n) is 7.36. The van der Waals surface area contributed by atoms with E-state index in [-0.39, 0.29) is 11.4 Å². The maximum absolute atomic E-state index is 12.4. The highest BCUT2D eigenvalue weighted by Crippen LogP contribution is 2.29. The standard InChI is InChI=1S/C16H22Cl2N2O/c1-20(11-12-5-6-13(17)9-14(12)18)15(21)10-16(19)7-3-2-4-8-16/h5-6,9H,2-4,7-8,10-11,19H2,1H3. The van der Waals surface area contributed by atoms with Crippen molar-refractivity contribution in [2.45, 2.75) is 50.6 Å². The molecule has 2 rings (SSSR count). The Morgan fingerprint density at radius 1 is 1.29 bits per heavy atom. The van der Waals surface area contributed by atoms with Crippen molar-refractivity contribution in [1.29, 1.82) is 0 Å². The van der Waals surface area contributed by atoms with E-state index in [1.165, 1.54) is 6.42 Å². The van der Waals surface area contributed by atoms with Crippen LogP contribution in [0, 0.1) is 0 Å². The van der Waals surface area contributed by atoms with Crippen molar-refractivity contribution in [2.24, 2.45) is 5.73 Å². The van der Waals surface area contributed by atoms with Crippen LogP contribution in [-0.2, 0) is 11.3 Å². The van der Waals surface area contributed by atoms with Gasteiger partial charge in [0, 0.05) is 35.6 Å². The lowest BCUT2D eigenvalue weighted by molar-refractivity contribution is -0.132. The van der Waals surface area contributed by atoms with Crippen LogP contribution in [-0.4, -0.2) is 23.4 Å². The first-order valence-corrected chi connectivity index (χ1v) is 8.12. The molecule has 21 heavy (non-hydrogen) atoms. The monoisotopic (exact) mass is 328 g/mol. The predicted molar refractivity (Wildman–Crippen MR) is 87.6 cm³/mol. The average molecular weight is 329 g/mol. The van der Waals surface area contributed by atoms with E-state index in [0.29, 0.717) is 23.0 Å². The van der Waals surface area contributed by atoms with E-state index in [1.54, 1.807) is 24.1 Å².